The highest BCUT2D eigenvalue weighted by Gasteiger charge is 2.18. The van der Waals surface area contributed by atoms with E-state index in [0.717, 1.165) is 0 Å². The monoisotopic (exact) mass is 147 g/mol. The van der Waals surface area contributed by atoms with Gasteiger partial charge in [0.05, 0.1) is 11.6 Å². The molecule has 0 rings (SSSR count). The normalized spacial score (nSPS) is 18.6. The van der Waals surface area contributed by atoms with Crippen molar-refractivity contribution in [2.45, 2.75) is 45.6 Å². The molecule has 3 nitrogen and oxygen atoms in total. The summed E-state index contributed by atoms with van der Waals surface area (Å²) in [4.78, 5) is 0. The zero-order chi connectivity index (χ0) is 8.36. The smallest absolute Gasteiger partial charge is 0.170 e. The van der Waals surface area contributed by atoms with Crippen molar-refractivity contribution in [1.29, 1.82) is 0 Å². The van der Waals surface area contributed by atoms with Crippen LogP contribution in [0.25, 0.3) is 0 Å². The summed E-state index contributed by atoms with van der Waals surface area (Å²) in [6, 6.07) is -0.334. The van der Waals surface area contributed by atoms with E-state index in [4.69, 9.17) is 15.6 Å². The predicted molar refractivity (Wildman–Crippen MR) is 40.5 cm³/mol. The van der Waals surface area contributed by atoms with Crippen LogP contribution >= 0.6 is 0 Å². The molecule has 0 bridgehead atoms. The highest BCUT2D eigenvalue weighted by atomic mass is 16.6. The Hall–Kier alpha value is -0.120. The van der Waals surface area contributed by atoms with Gasteiger partial charge in [0.1, 0.15) is 0 Å². The third-order valence-corrected chi connectivity index (χ3v) is 0.924. The molecule has 3 heteroatoms. The Kier molecular flexibility index (Phi) is 3.28. The maximum absolute atomic E-state index is 9.11. The van der Waals surface area contributed by atoms with Gasteiger partial charge in [0.2, 0.25) is 0 Å². The first-order valence-corrected chi connectivity index (χ1v) is 3.44. The molecule has 0 aromatic rings. The van der Waals surface area contributed by atoms with Crippen LogP contribution in [0, 0.1) is 0 Å². The van der Waals surface area contributed by atoms with Gasteiger partial charge < -0.3 is 15.6 Å². The lowest BCUT2D eigenvalue weighted by Gasteiger charge is -2.25. The number of rotatable bonds is 2. The van der Waals surface area contributed by atoms with Crippen LogP contribution in [0.15, 0.2) is 0 Å². The average molecular weight is 147 g/mol. The van der Waals surface area contributed by atoms with Crippen molar-refractivity contribution in [3.8, 4) is 0 Å². The maximum atomic E-state index is 9.11. The summed E-state index contributed by atoms with van der Waals surface area (Å²) >= 11 is 0. The van der Waals surface area contributed by atoms with E-state index in [-0.39, 0.29) is 11.6 Å². The van der Waals surface area contributed by atoms with Gasteiger partial charge in [-0.2, -0.15) is 0 Å². The standard InChI is InChI=1S/C7H17NO2/c1-5(8)6(9)10-7(2,3)4/h5-6,9H,8H2,1-4H3/t5-,6?/m1/s1. The van der Waals surface area contributed by atoms with E-state index in [1.165, 1.54) is 0 Å². The molecular weight excluding hydrogens is 130 g/mol. The molecule has 0 aliphatic heterocycles. The summed E-state index contributed by atoms with van der Waals surface area (Å²) in [5.41, 5.74) is 5.04. The summed E-state index contributed by atoms with van der Waals surface area (Å²) in [5, 5.41) is 9.11. The Labute approximate surface area is 62.2 Å². The van der Waals surface area contributed by atoms with Gasteiger partial charge in [0.15, 0.2) is 6.29 Å². The summed E-state index contributed by atoms with van der Waals surface area (Å²) < 4.78 is 5.13. The molecule has 62 valence electrons. The Balaban J connectivity index is 3.68. The first kappa shape index (κ1) is 9.88. The maximum Gasteiger partial charge on any atom is 0.170 e. The van der Waals surface area contributed by atoms with Gasteiger partial charge >= 0.3 is 0 Å². The van der Waals surface area contributed by atoms with Crippen LogP contribution in [0.5, 0.6) is 0 Å². The van der Waals surface area contributed by atoms with Crippen LogP contribution in [0.2, 0.25) is 0 Å². The molecule has 0 aliphatic carbocycles. The van der Waals surface area contributed by atoms with Crippen molar-refractivity contribution in [1.82, 2.24) is 0 Å². The highest BCUT2D eigenvalue weighted by Crippen LogP contribution is 2.10. The Morgan fingerprint density at radius 2 is 1.80 bits per heavy atom. The minimum Gasteiger partial charge on any atom is -0.367 e. The number of nitrogens with two attached hydrogens (primary N) is 1. The predicted octanol–water partition coefficient (Wildman–Crippen LogP) is 0.467. The molecule has 10 heavy (non-hydrogen) atoms. The van der Waals surface area contributed by atoms with Gasteiger partial charge in [-0.05, 0) is 27.7 Å². The van der Waals surface area contributed by atoms with E-state index in [0.29, 0.717) is 0 Å². The first-order chi connectivity index (χ1) is 4.33. The molecule has 1 unspecified atom stereocenters. The number of aliphatic hydroxyl groups excluding tert-OH is 1. The zero-order valence-corrected chi connectivity index (χ0v) is 7.09. The topological polar surface area (TPSA) is 55.5 Å². The van der Waals surface area contributed by atoms with Crippen LogP contribution in [-0.2, 0) is 4.74 Å². The summed E-state index contributed by atoms with van der Waals surface area (Å²) in [6.45, 7) is 7.33. The molecule has 0 aliphatic rings. The first-order valence-electron chi connectivity index (χ1n) is 3.44. The highest BCUT2D eigenvalue weighted by molar-refractivity contribution is 4.64. The Morgan fingerprint density at radius 3 is 1.90 bits per heavy atom. The van der Waals surface area contributed by atoms with Crippen LogP contribution in [-0.4, -0.2) is 23.0 Å². The van der Waals surface area contributed by atoms with Crippen molar-refractivity contribution < 1.29 is 9.84 Å². The molecular formula is C7H17NO2. The van der Waals surface area contributed by atoms with Crippen molar-refractivity contribution >= 4 is 0 Å². The van der Waals surface area contributed by atoms with Gasteiger partial charge in [0, 0.05) is 0 Å². The van der Waals surface area contributed by atoms with Crippen LogP contribution in [0.3, 0.4) is 0 Å². The molecule has 0 amide bonds. The average Bonchev–Trinajstić information content (AvgIpc) is 1.60. The second kappa shape index (κ2) is 3.32. The molecule has 2 atom stereocenters. The molecule has 0 spiro atoms. The zero-order valence-electron chi connectivity index (χ0n) is 7.09. The minimum absolute atomic E-state index is 0.326. The molecule has 0 aromatic heterocycles. The number of ether oxygens (including phenoxy) is 1. The van der Waals surface area contributed by atoms with Gasteiger partial charge in [0.25, 0.3) is 0 Å². The van der Waals surface area contributed by atoms with E-state index in [2.05, 4.69) is 0 Å². The van der Waals surface area contributed by atoms with Gasteiger partial charge in [-0.25, -0.2) is 0 Å². The molecule has 0 heterocycles. The van der Waals surface area contributed by atoms with E-state index in [9.17, 15) is 0 Å². The molecule has 3 N–H and O–H groups in total. The van der Waals surface area contributed by atoms with Crippen molar-refractivity contribution in [3.05, 3.63) is 0 Å². The van der Waals surface area contributed by atoms with Crippen molar-refractivity contribution in [2.75, 3.05) is 0 Å². The minimum atomic E-state index is -0.861. The van der Waals surface area contributed by atoms with Crippen molar-refractivity contribution in [3.63, 3.8) is 0 Å². The fourth-order valence-electron chi connectivity index (χ4n) is 0.470. The van der Waals surface area contributed by atoms with Crippen LogP contribution in [0.4, 0.5) is 0 Å². The number of hydrogen-bond acceptors (Lipinski definition) is 3. The van der Waals surface area contributed by atoms with Crippen molar-refractivity contribution in [2.24, 2.45) is 5.73 Å². The Morgan fingerprint density at radius 1 is 1.40 bits per heavy atom. The molecule has 0 saturated heterocycles. The quantitative estimate of drug-likeness (QED) is 0.558. The number of hydrogen-bond donors (Lipinski definition) is 2. The van der Waals surface area contributed by atoms with Gasteiger partial charge in [-0.3, -0.25) is 0 Å². The molecule has 0 saturated carbocycles. The van der Waals surface area contributed by atoms with E-state index >= 15 is 0 Å². The largest absolute Gasteiger partial charge is 0.367 e. The van der Waals surface area contributed by atoms with E-state index in [1.807, 2.05) is 20.8 Å². The lowest BCUT2D eigenvalue weighted by molar-refractivity contribution is -0.173. The van der Waals surface area contributed by atoms with Gasteiger partial charge in [-0.15, -0.1) is 0 Å². The van der Waals surface area contributed by atoms with E-state index < -0.39 is 6.29 Å². The van der Waals surface area contributed by atoms with Crippen LogP contribution < -0.4 is 5.73 Å². The van der Waals surface area contributed by atoms with E-state index in [1.54, 1.807) is 6.92 Å². The molecule has 0 radical (unpaired) electrons. The molecule has 0 fully saturated rings. The molecule has 0 aromatic carbocycles. The summed E-state index contributed by atoms with van der Waals surface area (Å²) in [7, 11) is 0. The second-order valence-corrected chi connectivity index (χ2v) is 3.48. The number of aliphatic hydroxyl groups is 1. The lowest BCUT2D eigenvalue weighted by atomic mass is 10.2. The fraction of sp³-hybridized carbons (Fsp3) is 1.00. The second-order valence-electron chi connectivity index (χ2n) is 3.48. The lowest BCUT2D eigenvalue weighted by Crippen LogP contribution is -2.39. The van der Waals surface area contributed by atoms with Crippen LogP contribution in [0.1, 0.15) is 27.7 Å². The summed E-state index contributed by atoms with van der Waals surface area (Å²) in [5.74, 6) is 0. The third kappa shape index (κ3) is 4.73. The van der Waals surface area contributed by atoms with Gasteiger partial charge in [-0.1, -0.05) is 0 Å². The third-order valence-electron chi connectivity index (χ3n) is 0.924. The fourth-order valence-corrected chi connectivity index (χ4v) is 0.470. The SMILES string of the molecule is C[C@@H](N)C(O)OC(C)(C)C. The summed E-state index contributed by atoms with van der Waals surface area (Å²) in [6.07, 6.45) is -0.861. The Bertz CT molecular complexity index is 96.3.